The van der Waals surface area contributed by atoms with E-state index in [2.05, 4.69) is 12.2 Å². The van der Waals surface area contributed by atoms with Gasteiger partial charge >= 0.3 is 0 Å². The van der Waals surface area contributed by atoms with Crippen molar-refractivity contribution in [3.8, 4) is 5.75 Å². The number of amides is 1. The van der Waals surface area contributed by atoms with E-state index in [1.807, 2.05) is 6.92 Å². The molecule has 0 heterocycles. The molecule has 0 aromatic heterocycles. The van der Waals surface area contributed by atoms with Gasteiger partial charge in [-0.1, -0.05) is 20.3 Å². The molecule has 1 unspecified atom stereocenters. The predicted molar refractivity (Wildman–Crippen MR) is 77.4 cm³/mol. The third kappa shape index (κ3) is 4.45. The SMILES string of the molecule is CCCC(C)C(=O)Nc1ccc(OC)c(N)c1.Cl. The van der Waals surface area contributed by atoms with Crippen LogP contribution in [0.2, 0.25) is 0 Å². The molecule has 0 saturated heterocycles. The van der Waals surface area contributed by atoms with Crippen LogP contribution in [0, 0.1) is 5.92 Å². The molecule has 0 spiro atoms. The van der Waals surface area contributed by atoms with Gasteiger partial charge in [-0.15, -0.1) is 12.4 Å². The quantitative estimate of drug-likeness (QED) is 0.810. The molecule has 102 valence electrons. The summed E-state index contributed by atoms with van der Waals surface area (Å²) in [6.45, 7) is 3.99. The van der Waals surface area contributed by atoms with Crippen molar-refractivity contribution >= 4 is 29.7 Å². The molecule has 5 heteroatoms. The van der Waals surface area contributed by atoms with Crippen molar-refractivity contribution in [1.82, 2.24) is 0 Å². The first kappa shape index (κ1) is 16.6. The second-order valence-corrected chi connectivity index (χ2v) is 4.14. The predicted octanol–water partition coefficient (Wildman–Crippen LogP) is 3.07. The molecule has 18 heavy (non-hydrogen) atoms. The van der Waals surface area contributed by atoms with E-state index in [9.17, 15) is 4.79 Å². The van der Waals surface area contributed by atoms with E-state index in [1.54, 1.807) is 25.3 Å². The van der Waals surface area contributed by atoms with E-state index in [1.165, 1.54) is 0 Å². The minimum atomic E-state index is 0. The van der Waals surface area contributed by atoms with Crippen LogP contribution in [-0.2, 0) is 4.79 Å². The Balaban J connectivity index is 0.00000289. The average Bonchev–Trinajstić information content (AvgIpc) is 2.29. The Morgan fingerprint density at radius 2 is 2.17 bits per heavy atom. The lowest BCUT2D eigenvalue weighted by Gasteiger charge is -2.12. The van der Waals surface area contributed by atoms with E-state index in [4.69, 9.17) is 10.5 Å². The lowest BCUT2D eigenvalue weighted by Crippen LogP contribution is -2.20. The number of ether oxygens (including phenoxy) is 1. The highest BCUT2D eigenvalue weighted by Crippen LogP contribution is 2.24. The third-order valence-electron chi connectivity index (χ3n) is 2.67. The minimum Gasteiger partial charge on any atom is -0.495 e. The number of carbonyl (C=O) groups excluding carboxylic acids is 1. The lowest BCUT2D eigenvalue weighted by atomic mass is 10.1. The second-order valence-electron chi connectivity index (χ2n) is 4.14. The number of rotatable bonds is 5. The van der Waals surface area contributed by atoms with E-state index >= 15 is 0 Å². The number of carbonyl (C=O) groups is 1. The summed E-state index contributed by atoms with van der Waals surface area (Å²) >= 11 is 0. The molecule has 0 aliphatic carbocycles. The molecule has 0 saturated carbocycles. The number of nitrogens with one attached hydrogen (secondary N) is 1. The van der Waals surface area contributed by atoms with Crippen LogP contribution < -0.4 is 15.8 Å². The van der Waals surface area contributed by atoms with E-state index in [-0.39, 0.29) is 24.2 Å². The highest BCUT2D eigenvalue weighted by atomic mass is 35.5. The summed E-state index contributed by atoms with van der Waals surface area (Å²) in [5.41, 5.74) is 6.99. The van der Waals surface area contributed by atoms with Crippen LogP contribution >= 0.6 is 12.4 Å². The van der Waals surface area contributed by atoms with Gasteiger partial charge in [0.25, 0.3) is 0 Å². The van der Waals surface area contributed by atoms with Gasteiger partial charge in [0.05, 0.1) is 12.8 Å². The summed E-state index contributed by atoms with van der Waals surface area (Å²) in [4.78, 5) is 11.8. The zero-order chi connectivity index (χ0) is 12.8. The fourth-order valence-electron chi connectivity index (χ4n) is 1.64. The molecule has 1 rings (SSSR count). The van der Waals surface area contributed by atoms with Gasteiger partial charge in [0.15, 0.2) is 0 Å². The van der Waals surface area contributed by atoms with Crippen LogP contribution in [0.15, 0.2) is 18.2 Å². The fourth-order valence-corrected chi connectivity index (χ4v) is 1.64. The molecule has 1 amide bonds. The Morgan fingerprint density at radius 3 is 2.67 bits per heavy atom. The number of anilines is 2. The van der Waals surface area contributed by atoms with Crippen LogP contribution in [-0.4, -0.2) is 13.0 Å². The van der Waals surface area contributed by atoms with Gasteiger partial charge in [0.1, 0.15) is 5.75 Å². The maximum absolute atomic E-state index is 11.8. The number of benzene rings is 1. The summed E-state index contributed by atoms with van der Waals surface area (Å²) < 4.78 is 5.05. The molecule has 4 nitrogen and oxygen atoms in total. The van der Waals surface area contributed by atoms with Gasteiger partial charge in [0.2, 0.25) is 5.91 Å². The highest BCUT2D eigenvalue weighted by Gasteiger charge is 2.12. The molecular weight excluding hydrogens is 252 g/mol. The monoisotopic (exact) mass is 272 g/mol. The van der Waals surface area contributed by atoms with Gasteiger partial charge in [-0.2, -0.15) is 0 Å². The molecular formula is C13H21ClN2O2. The average molecular weight is 273 g/mol. The Kier molecular flexibility index (Phi) is 7.20. The fraction of sp³-hybridized carbons (Fsp3) is 0.462. The highest BCUT2D eigenvalue weighted by molar-refractivity contribution is 5.92. The van der Waals surface area contributed by atoms with Gasteiger partial charge in [-0.25, -0.2) is 0 Å². The van der Waals surface area contributed by atoms with Crippen molar-refractivity contribution < 1.29 is 9.53 Å². The molecule has 1 atom stereocenters. The second kappa shape index (κ2) is 7.82. The van der Waals surface area contributed by atoms with Crippen molar-refractivity contribution in [2.45, 2.75) is 26.7 Å². The normalized spacial score (nSPS) is 11.3. The number of methoxy groups -OCH3 is 1. The molecule has 1 aromatic carbocycles. The summed E-state index contributed by atoms with van der Waals surface area (Å²) in [6.07, 6.45) is 1.89. The third-order valence-corrected chi connectivity index (χ3v) is 2.67. The summed E-state index contributed by atoms with van der Waals surface area (Å²) in [5, 5.41) is 2.84. The molecule has 1 aromatic rings. The maximum Gasteiger partial charge on any atom is 0.227 e. The number of hydrogen-bond acceptors (Lipinski definition) is 3. The van der Waals surface area contributed by atoms with Gasteiger partial charge in [-0.3, -0.25) is 4.79 Å². The first-order valence-corrected chi connectivity index (χ1v) is 5.82. The molecule has 0 radical (unpaired) electrons. The van der Waals surface area contributed by atoms with Crippen molar-refractivity contribution in [3.63, 3.8) is 0 Å². The van der Waals surface area contributed by atoms with Crippen molar-refractivity contribution in [3.05, 3.63) is 18.2 Å². The molecule has 3 N–H and O–H groups in total. The van der Waals surface area contributed by atoms with Crippen LogP contribution in [0.25, 0.3) is 0 Å². The smallest absolute Gasteiger partial charge is 0.227 e. The molecule has 0 aliphatic heterocycles. The zero-order valence-electron chi connectivity index (χ0n) is 11.0. The summed E-state index contributed by atoms with van der Waals surface area (Å²) in [6, 6.07) is 5.23. The van der Waals surface area contributed by atoms with Crippen LogP contribution in [0.4, 0.5) is 11.4 Å². The first-order chi connectivity index (χ1) is 8.08. The maximum atomic E-state index is 11.8. The van der Waals surface area contributed by atoms with E-state index in [0.29, 0.717) is 17.1 Å². The van der Waals surface area contributed by atoms with Gasteiger partial charge < -0.3 is 15.8 Å². The standard InChI is InChI=1S/C13H20N2O2.ClH/c1-4-5-9(2)13(16)15-10-6-7-12(17-3)11(14)8-10;/h6-9H,4-5,14H2,1-3H3,(H,15,16);1H. The lowest BCUT2D eigenvalue weighted by molar-refractivity contribution is -0.119. The number of nitrogen functional groups attached to an aromatic ring is 1. The summed E-state index contributed by atoms with van der Waals surface area (Å²) in [5.74, 6) is 0.657. The van der Waals surface area contributed by atoms with E-state index < -0.39 is 0 Å². The Morgan fingerprint density at radius 1 is 1.50 bits per heavy atom. The Labute approximate surface area is 114 Å². The van der Waals surface area contributed by atoms with Crippen molar-refractivity contribution in [1.29, 1.82) is 0 Å². The first-order valence-electron chi connectivity index (χ1n) is 5.82. The number of halogens is 1. The molecule has 0 aliphatic rings. The molecule has 0 bridgehead atoms. The van der Waals surface area contributed by atoms with Gasteiger partial charge in [-0.05, 0) is 24.6 Å². The van der Waals surface area contributed by atoms with Crippen LogP contribution in [0.3, 0.4) is 0 Å². The number of hydrogen-bond donors (Lipinski definition) is 2. The largest absolute Gasteiger partial charge is 0.495 e. The Bertz CT molecular complexity index is 397. The number of nitrogens with two attached hydrogens (primary N) is 1. The van der Waals surface area contributed by atoms with Crippen molar-refractivity contribution in [2.24, 2.45) is 5.92 Å². The minimum absolute atomic E-state index is 0. The molecule has 0 fully saturated rings. The van der Waals surface area contributed by atoms with Crippen LogP contribution in [0.1, 0.15) is 26.7 Å². The van der Waals surface area contributed by atoms with Crippen LogP contribution in [0.5, 0.6) is 5.75 Å². The van der Waals surface area contributed by atoms with E-state index in [0.717, 1.165) is 12.8 Å². The topological polar surface area (TPSA) is 64.3 Å². The van der Waals surface area contributed by atoms with Gasteiger partial charge in [0, 0.05) is 11.6 Å². The summed E-state index contributed by atoms with van der Waals surface area (Å²) in [7, 11) is 1.56. The van der Waals surface area contributed by atoms with Crippen molar-refractivity contribution in [2.75, 3.05) is 18.2 Å². The zero-order valence-corrected chi connectivity index (χ0v) is 11.8. The Hall–Kier alpha value is -1.42.